The highest BCUT2D eigenvalue weighted by Gasteiger charge is 2.22. The lowest BCUT2D eigenvalue weighted by molar-refractivity contribution is -0.116. The molecule has 0 aliphatic carbocycles. The fraction of sp³-hybridized carbons (Fsp3) is 0.231. The third-order valence-corrected chi connectivity index (χ3v) is 6.50. The van der Waals surface area contributed by atoms with Crippen molar-refractivity contribution in [1.82, 2.24) is 9.88 Å². The molecule has 1 N–H and O–H groups in total. The molecule has 174 valence electrons. The van der Waals surface area contributed by atoms with E-state index in [0.29, 0.717) is 22.1 Å². The normalized spacial score (nSPS) is 13.3. The summed E-state index contributed by atoms with van der Waals surface area (Å²) < 4.78 is 0. The summed E-state index contributed by atoms with van der Waals surface area (Å²) in [6, 6.07) is 14.7. The van der Waals surface area contributed by atoms with Gasteiger partial charge in [-0.15, -0.1) is 11.3 Å². The molecule has 4 rings (SSSR count). The van der Waals surface area contributed by atoms with Crippen LogP contribution in [0.3, 0.4) is 0 Å². The van der Waals surface area contributed by atoms with E-state index in [0.717, 1.165) is 37.2 Å². The first kappa shape index (κ1) is 23.4. The van der Waals surface area contributed by atoms with E-state index in [1.807, 2.05) is 42.2 Å². The highest BCUT2D eigenvalue weighted by atomic mass is 32.1. The zero-order chi connectivity index (χ0) is 24.1. The van der Waals surface area contributed by atoms with Crippen molar-refractivity contribution in [1.29, 1.82) is 0 Å². The first-order valence-corrected chi connectivity index (χ1v) is 12.0. The molecular weight excluding hydrogens is 448 g/mol. The minimum Gasteiger partial charge on any atom is -0.339 e. The van der Waals surface area contributed by atoms with Crippen LogP contribution in [0.4, 0.5) is 16.5 Å². The summed E-state index contributed by atoms with van der Waals surface area (Å²) in [6.07, 6.45) is 5.06. The van der Waals surface area contributed by atoms with Crippen molar-refractivity contribution in [3.63, 3.8) is 0 Å². The van der Waals surface area contributed by atoms with Gasteiger partial charge in [0.1, 0.15) is 0 Å². The lowest BCUT2D eigenvalue weighted by Crippen LogP contribution is -2.28. The molecule has 1 aliphatic heterocycles. The number of nitrogens with one attached hydrogen (secondary N) is 1. The Morgan fingerprint density at radius 1 is 1.06 bits per heavy atom. The lowest BCUT2D eigenvalue weighted by atomic mass is 10.1. The minimum atomic E-state index is -0.324. The number of carbonyl (C=O) groups is 3. The van der Waals surface area contributed by atoms with Gasteiger partial charge >= 0.3 is 0 Å². The molecule has 1 fully saturated rings. The molecule has 2 aromatic carbocycles. The summed E-state index contributed by atoms with van der Waals surface area (Å²) in [5, 5.41) is 5.18. The summed E-state index contributed by atoms with van der Waals surface area (Å²) in [5.74, 6) is -0.465. The van der Waals surface area contributed by atoms with E-state index in [1.165, 1.54) is 29.2 Å². The molecule has 0 saturated carbocycles. The summed E-state index contributed by atoms with van der Waals surface area (Å²) in [5.41, 5.74) is 3.27. The molecule has 1 aliphatic rings. The van der Waals surface area contributed by atoms with Crippen LogP contribution in [0.5, 0.6) is 0 Å². The van der Waals surface area contributed by atoms with E-state index in [-0.39, 0.29) is 17.7 Å². The molecule has 0 bridgehead atoms. The highest BCUT2D eigenvalue weighted by Crippen LogP contribution is 2.29. The Balaban J connectivity index is 1.45. The monoisotopic (exact) mass is 474 g/mol. The number of carbonyl (C=O) groups excluding carboxylic acids is 3. The van der Waals surface area contributed by atoms with Crippen molar-refractivity contribution in [3.05, 3.63) is 76.8 Å². The van der Waals surface area contributed by atoms with Crippen LogP contribution in [0, 0.1) is 6.92 Å². The van der Waals surface area contributed by atoms with Crippen molar-refractivity contribution in [2.24, 2.45) is 0 Å². The van der Waals surface area contributed by atoms with Gasteiger partial charge in [0.05, 0.1) is 11.4 Å². The molecule has 0 unspecified atom stereocenters. The quantitative estimate of drug-likeness (QED) is 0.509. The summed E-state index contributed by atoms with van der Waals surface area (Å²) in [4.78, 5) is 45.4. The van der Waals surface area contributed by atoms with Crippen LogP contribution in [0.25, 0.3) is 6.08 Å². The van der Waals surface area contributed by atoms with Crippen molar-refractivity contribution in [3.8, 4) is 0 Å². The molecule has 3 aromatic rings. The number of hydrogen-bond donors (Lipinski definition) is 1. The number of benzene rings is 2. The van der Waals surface area contributed by atoms with E-state index in [4.69, 9.17) is 0 Å². The molecule has 0 spiro atoms. The Morgan fingerprint density at radius 2 is 1.79 bits per heavy atom. The number of hydrogen-bond acceptors (Lipinski definition) is 5. The van der Waals surface area contributed by atoms with Crippen LogP contribution in [0.15, 0.2) is 60.0 Å². The molecule has 34 heavy (non-hydrogen) atoms. The predicted molar refractivity (Wildman–Crippen MR) is 135 cm³/mol. The average molecular weight is 475 g/mol. The molecule has 0 atom stereocenters. The maximum atomic E-state index is 12.8. The van der Waals surface area contributed by atoms with Gasteiger partial charge in [-0.1, -0.05) is 24.3 Å². The van der Waals surface area contributed by atoms with E-state index in [2.05, 4.69) is 10.3 Å². The number of para-hydroxylation sites is 1. The topological polar surface area (TPSA) is 82.6 Å². The molecule has 1 aromatic heterocycles. The fourth-order valence-electron chi connectivity index (χ4n) is 3.89. The van der Waals surface area contributed by atoms with Crippen LogP contribution < -0.4 is 10.2 Å². The smallest absolute Gasteiger partial charge is 0.254 e. The Kier molecular flexibility index (Phi) is 7.18. The van der Waals surface area contributed by atoms with Crippen molar-refractivity contribution < 1.29 is 14.4 Å². The Hall–Kier alpha value is -3.78. The Labute approximate surface area is 202 Å². The van der Waals surface area contributed by atoms with Gasteiger partial charge in [-0.3, -0.25) is 19.3 Å². The van der Waals surface area contributed by atoms with Gasteiger partial charge in [-0.2, -0.15) is 0 Å². The molecular formula is C26H26N4O3S. The third-order valence-electron chi connectivity index (χ3n) is 5.65. The van der Waals surface area contributed by atoms with Crippen LogP contribution in [0.1, 0.15) is 41.4 Å². The van der Waals surface area contributed by atoms with E-state index >= 15 is 0 Å². The standard InChI is InChI=1S/C26H26N4O3S/c1-18-22(25(33)29-15-6-7-16-29)11-8-12-23(18)28-24(32)14-13-20-17-34-26(27-20)30(19(2)31)21-9-4-3-5-10-21/h3-5,8-14,17H,6-7,15-16H2,1-2H3,(H,28,32)/b14-13+. The van der Waals surface area contributed by atoms with Crippen LogP contribution in [0.2, 0.25) is 0 Å². The highest BCUT2D eigenvalue weighted by molar-refractivity contribution is 7.14. The summed E-state index contributed by atoms with van der Waals surface area (Å²) in [6.45, 7) is 4.88. The molecule has 3 amide bonds. The van der Waals surface area contributed by atoms with E-state index < -0.39 is 0 Å². The van der Waals surface area contributed by atoms with Gasteiger partial charge in [0.15, 0.2) is 5.13 Å². The van der Waals surface area contributed by atoms with Crippen LogP contribution in [-0.4, -0.2) is 40.7 Å². The summed E-state index contributed by atoms with van der Waals surface area (Å²) >= 11 is 1.32. The molecule has 2 heterocycles. The largest absolute Gasteiger partial charge is 0.339 e. The zero-order valence-corrected chi connectivity index (χ0v) is 20.0. The van der Waals surface area contributed by atoms with Gasteiger partial charge in [-0.05, 0) is 55.7 Å². The number of nitrogens with zero attached hydrogens (tertiary/aromatic N) is 3. The first-order valence-electron chi connectivity index (χ1n) is 11.1. The summed E-state index contributed by atoms with van der Waals surface area (Å²) in [7, 11) is 0. The van der Waals surface area contributed by atoms with Gasteiger partial charge in [-0.25, -0.2) is 4.98 Å². The van der Waals surface area contributed by atoms with Crippen LogP contribution >= 0.6 is 11.3 Å². The molecule has 7 nitrogen and oxygen atoms in total. The lowest BCUT2D eigenvalue weighted by Gasteiger charge is -2.18. The number of amides is 3. The number of likely N-dealkylation sites (tertiary alicyclic amines) is 1. The Morgan fingerprint density at radius 3 is 2.50 bits per heavy atom. The Bertz CT molecular complexity index is 1230. The molecule has 8 heteroatoms. The third kappa shape index (κ3) is 5.23. The van der Waals surface area contributed by atoms with E-state index in [9.17, 15) is 14.4 Å². The molecule has 1 saturated heterocycles. The van der Waals surface area contributed by atoms with Gasteiger partial charge in [0.2, 0.25) is 11.8 Å². The van der Waals surface area contributed by atoms with Crippen LogP contribution in [-0.2, 0) is 9.59 Å². The average Bonchev–Trinajstić information content (AvgIpc) is 3.52. The second-order valence-corrected chi connectivity index (χ2v) is 8.88. The number of aromatic nitrogens is 1. The maximum Gasteiger partial charge on any atom is 0.254 e. The van der Waals surface area contributed by atoms with Gasteiger partial charge in [0, 0.05) is 42.7 Å². The fourth-order valence-corrected chi connectivity index (χ4v) is 4.74. The zero-order valence-electron chi connectivity index (χ0n) is 19.2. The van der Waals surface area contributed by atoms with Gasteiger partial charge < -0.3 is 10.2 Å². The number of thiazole rings is 1. The maximum absolute atomic E-state index is 12.8. The first-order chi connectivity index (χ1) is 16.4. The molecule has 0 radical (unpaired) electrons. The second-order valence-electron chi connectivity index (χ2n) is 8.04. The van der Waals surface area contributed by atoms with Crippen molar-refractivity contribution in [2.45, 2.75) is 26.7 Å². The SMILES string of the molecule is CC(=O)N(c1ccccc1)c1nc(/C=C/C(=O)Nc2cccc(C(=O)N3CCCC3)c2C)cs1. The predicted octanol–water partition coefficient (Wildman–Crippen LogP) is 5.02. The minimum absolute atomic E-state index is 0.00471. The van der Waals surface area contributed by atoms with Gasteiger partial charge in [0.25, 0.3) is 5.91 Å². The second kappa shape index (κ2) is 10.4. The van der Waals surface area contributed by atoms with Crippen molar-refractivity contribution in [2.75, 3.05) is 23.3 Å². The van der Waals surface area contributed by atoms with E-state index in [1.54, 1.807) is 29.7 Å². The van der Waals surface area contributed by atoms with Crippen molar-refractivity contribution >= 4 is 51.6 Å². The number of rotatable bonds is 6. The number of anilines is 3.